The minimum absolute atomic E-state index is 0. The number of thiocarbonyl (C=S) groups is 7. The minimum Gasteiger partial charge on any atom is -0.398 e. The summed E-state index contributed by atoms with van der Waals surface area (Å²) < 4.78 is 0. The molecule has 0 aliphatic carbocycles. The van der Waals surface area contributed by atoms with Crippen molar-refractivity contribution in [2.45, 2.75) is 135 Å². The molecule has 5 aromatic carbocycles. The molecule has 5 atom stereocenters. The van der Waals surface area contributed by atoms with Crippen LogP contribution in [0.1, 0.15) is 132 Å². The molecule has 10 aliphatic heterocycles. The fourth-order valence-electron chi connectivity index (χ4n) is 13.4. The van der Waals surface area contributed by atoms with Gasteiger partial charge in [-0.1, -0.05) is 180 Å². The molecule has 5 unspecified atom stereocenters. The first-order valence-corrected chi connectivity index (χ1v) is 34.1. The van der Waals surface area contributed by atoms with E-state index in [2.05, 4.69) is 69.3 Å². The Balaban J connectivity index is 0.000000130. The maximum atomic E-state index is 12.4. The molecule has 0 saturated carbocycles. The van der Waals surface area contributed by atoms with Crippen LogP contribution in [0.3, 0.4) is 0 Å². The highest BCUT2D eigenvalue weighted by Gasteiger charge is 2.41. The van der Waals surface area contributed by atoms with Crippen LogP contribution in [0.2, 0.25) is 0 Å². The van der Waals surface area contributed by atoms with Gasteiger partial charge >= 0.3 is 0 Å². The van der Waals surface area contributed by atoms with E-state index in [-0.39, 0.29) is 55.4 Å². The van der Waals surface area contributed by atoms with Crippen LogP contribution in [0, 0.1) is 0 Å². The van der Waals surface area contributed by atoms with Gasteiger partial charge in [0.25, 0.3) is 5.91 Å². The number of nitrogens with zero attached hydrogens (tertiary/aromatic N) is 5. The maximum absolute atomic E-state index is 12.4. The smallest absolute Gasteiger partial charge is 0.255 e. The van der Waals surface area contributed by atoms with Gasteiger partial charge in [-0.25, -0.2) is 0 Å². The number of hydrogen-bond acceptors (Lipinski definition) is 15. The van der Waals surface area contributed by atoms with Crippen LogP contribution >= 0.6 is 85.5 Å². The zero-order valence-corrected chi connectivity index (χ0v) is 58.1. The second-order valence-electron chi connectivity index (χ2n) is 24.8. The molecule has 15 N–H and O–H groups in total. The summed E-state index contributed by atoms with van der Waals surface area (Å²) in [6, 6.07) is 28.5. The maximum Gasteiger partial charge on any atom is 0.255 e. The lowest BCUT2D eigenvalue weighted by molar-refractivity contribution is -0.126. The minimum atomic E-state index is -0.218. The lowest BCUT2D eigenvalue weighted by Crippen LogP contribution is -2.49. The number of carbonyl (C=O) groups excluding carboxylic acids is 3. The predicted molar refractivity (Wildman–Crippen MR) is 414 cm³/mol. The van der Waals surface area contributed by atoms with Gasteiger partial charge in [0, 0.05) is 145 Å². The standard InChI is InChI=1S/3C14H15N3OS.2C14H15N3S2.CH4/c1-8-5-6-12(13(19)16-8)17-7-10-9(14(17)18)3-2-4-11(10)15;4*1-8-5-6-12(13(18)16-8)17-7-10-9(14(17)19)3-2-4-11(10)15;/h2-4,12H,1,5-7,15H2,(H,16,19);4*2-4,12H,1,5-7,15H2,(H,16,18);1H4. The molecule has 0 aromatic heterocycles. The summed E-state index contributed by atoms with van der Waals surface area (Å²) in [5.74, 6) is -0.0288. The molecule has 15 rings (SSSR count). The van der Waals surface area contributed by atoms with E-state index in [1.807, 2.05) is 106 Å². The van der Waals surface area contributed by atoms with Crippen LogP contribution in [-0.2, 0) is 42.3 Å². The summed E-state index contributed by atoms with van der Waals surface area (Å²) >= 11 is 38.3. The Morgan fingerprint density at radius 2 is 0.542 bits per heavy atom. The number of rotatable bonds is 5. The molecule has 10 heterocycles. The Morgan fingerprint density at radius 1 is 0.323 bits per heavy atom. The summed E-state index contributed by atoms with van der Waals surface area (Å²) in [4.78, 5) is 52.1. The third-order valence-corrected chi connectivity index (χ3v) is 21.6. The third kappa shape index (κ3) is 14.3. The Hall–Kier alpha value is -8.56. The second-order valence-corrected chi connectivity index (χ2v) is 27.6. The molecule has 3 amide bonds. The van der Waals surface area contributed by atoms with Gasteiger partial charge in [-0.3, -0.25) is 14.4 Å². The molecule has 0 bridgehead atoms. The topological polar surface area (TPSA) is 258 Å². The largest absolute Gasteiger partial charge is 0.398 e. The van der Waals surface area contributed by atoms with Crippen LogP contribution in [-0.4, -0.2) is 107 Å². The van der Waals surface area contributed by atoms with Gasteiger partial charge in [-0.15, -0.1) is 0 Å². The molecule has 5 saturated heterocycles. The van der Waals surface area contributed by atoms with Gasteiger partial charge in [0.1, 0.15) is 47.0 Å². The number of nitrogen functional groups attached to an aromatic ring is 5. The number of carbonyl (C=O) groups is 3. The van der Waals surface area contributed by atoms with Crippen molar-refractivity contribution in [3.8, 4) is 0 Å². The van der Waals surface area contributed by atoms with Crippen molar-refractivity contribution in [3.05, 3.63) is 208 Å². The highest BCUT2D eigenvalue weighted by molar-refractivity contribution is 7.82. The number of anilines is 5. The molecule has 0 spiro atoms. The molecule has 96 heavy (non-hydrogen) atoms. The lowest BCUT2D eigenvalue weighted by Gasteiger charge is -2.34. The Labute approximate surface area is 598 Å². The number of fused-ring (bicyclic) bond motifs is 5. The molecular weight excluding hydrogens is 1340 g/mol. The van der Waals surface area contributed by atoms with E-state index in [0.29, 0.717) is 35.9 Å². The van der Waals surface area contributed by atoms with Crippen molar-refractivity contribution in [2.24, 2.45) is 0 Å². The number of nitrogens with one attached hydrogen (secondary N) is 5. The zero-order chi connectivity index (χ0) is 67.8. The first-order valence-electron chi connectivity index (χ1n) is 31.2. The van der Waals surface area contributed by atoms with Gasteiger partial charge in [0.2, 0.25) is 11.8 Å². The number of benzene rings is 5. The molecule has 0 radical (unpaired) electrons. The number of amides is 3. The highest BCUT2D eigenvalue weighted by atomic mass is 32.1. The monoisotopic (exact) mass is 1410 g/mol. The van der Waals surface area contributed by atoms with E-state index < -0.39 is 0 Å². The van der Waals surface area contributed by atoms with Gasteiger partial charge < -0.3 is 79.8 Å². The summed E-state index contributed by atoms with van der Waals surface area (Å²) in [6.07, 6.45) is 8.51. The van der Waals surface area contributed by atoms with Crippen molar-refractivity contribution in [1.82, 2.24) is 51.1 Å². The number of piperidine rings is 5. The summed E-state index contributed by atoms with van der Waals surface area (Å²) in [6.45, 7) is 22.6. The second kappa shape index (κ2) is 29.4. The molecule has 25 heteroatoms. The van der Waals surface area contributed by atoms with Crippen LogP contribution in [0.25, 0.3) is 0 Å². The van der Waals surface area contributed by atoms with E-state index in [1.54, 1.807) is 0 Å². The van der Waals surface area contributed by atoms with E-state index in [1.165, 1.54) is 0 Å². The summed E-state index contributed by atoms with van der Waals surface area (Å²) in [5.41, 5.74) is 48.2. The van der Waals surface area contributed by atoms with Crippen molar-refractivity contribution in [3.63, 3.8) is 0 Å². The van der Waals surface area contributed by atoms with Crippen LogP contribution < -0.4 is 55.3 Å². The first-order chi connectivity index (χ1) is 45.4. The Morgan fingerprint density at radius 3 is 0.792 bits per heavy atom. The normalized spacial score (nSPS) is 22.2. The van der Waals surface area contributed by atoms with Crippen molar-refractivity contribution in [1.29, 1.82) is 0 Å². The Bertz CT molecular complexity index is 3590. The van der Waals surface area contributed by atoms with Crippen LogP contribution in [0.15, 0.2) is 152 Å². The highest BCUT2D eigenvalue weighted by Crippen LogP contribution is 2.38. The van der Waals surface area contributed by atoms with Gasteiger partial charge in [-0.05, 0) is 101 Å². The SMILES string of the molecule is C.C=C1CCC(N2Cc3c(N)cccc3C2=O)C(=S)N1.C=C1CCC(N2Cc3c(N)cccc3C2=S)C(=O)N1.C=C1CCC(N2Cc3c(N)cccc3C2=S)C(=O)N1.C=C1CCC(N2Cc3c(N)cccc3C2=S)C(=S)N1.C=C1CCC(N2Cc3c(N)cccc3C2=S)C(=S)N1. The molecule has 5 aromatic rings. The van der Waals surface area contributed by atoms with Crippen molar-refractivity contribution in [2.75, 3.05) is 28.7 Å². The molecule has 498 valence electrons. The average molecular weight is 1410 g/mol. The summed E-state index contributed by atoms with van der Waals surface area (Å²) in [5, 5.41) is 15.0. The van der Waals surface area contributed by atoms with Crippen LogP contribution in [0.4, 0.5) is 28.4 Å². The third-order valence-electron chi connectivity index (χ3n) is 18.7. The molecule has 10 aliphatic rings. The predicted octanol–water partition coefficient (Wildman–Crippen LogP) is 10.3. The van der Waals surface area contributed by atoms with Crippen LogP contribution in [0.5, 0.6) is 0 Å². The Kier molecular flexibility index (Phi) is 21.5. The zero-order valence-electron chi connectivity index (χ0n) is 52.4. The number of nitrogens with two attached hydrogens (primary N) is 5. The average Bonchev–Trinajstić information content (AvgIpc) is 1.66. The van der Waals surface area contributed by atoms with Gasteiger partial charge in [0.05, 0.1) is 18.1 Å². The quantitative estimate of drug-likeness (QED) is 0.0580. The van der Waals surface area contributed by atoms with Gasteiger partial charge in [0.15, 0.2) is 0 Å². The fourth-order valence-corrected chi connectivity index (χ4v) is 16.1. The number of allylic oxidation sites excluding steroid dienone is 5. The summed E-state index contributed by atoms with van der Waals surface area (Å²) in [7, 11) is 0. The van der Waals surface area contributed by atoms with E-state index in [0.717, 1.165) is 209 Å². The van der Waals surface area contributed by atoms with Crippen molar-refractivity contribution < 1.29 is 14.4 Å². The number of hydrogen-bond donors (Lipinski definition) is 10. The lowest BCUT2D eigenvalue weighted by atomic mass is 10.0. The molecule has 18 nitrogen and oxygen atoms in total. The van der Waals surface area contributed by atoms with Gasteiger partial charge in [-0.2, -0.15) is 0 Å². The van der Waals surface area contributed by atoms with E-state index >= 15 is 0 Å². The molecule has 5 fully saturated rings. The fraction of sp³-hybridized carbons (Fsp3) is 0.296. The molecular formula is C71H79N15O3S7. The first kappa shape index (κ1) is 70.2. The van der Waals surface area contributed by atoms with E-state index in [4.69, 9.17) is 114 Å². The van der Waals surface area contributed by atoms with Crippen molar-refractivity contribution >= 4 is 167 Å². The van der Waals surface area contributed by atoms with E-state index in [9.17, 15) is 14.4 Å².